The van der Waals surface area contributed by atoms with Gasteiger partial charge in [0.25, 0.3) is 17.7 Å². The maximum atomic E-state index is 13.5. The van der Waals surface area contributed by atoms with Gasteiger partial charge in [-0.25, -0.2) is 4.39 Å². The van der Waals surface area contributed by atoms with E-state index in [0.717, 1.165) is 25.3 Å². The number of hydrazine groups is 1. The second kappa shape index (κ2) is 8.30. The van der Waals surface area contributed by atoms with E-state index in [0.29, 0.717) is 10.8 Å². The SMILES string of the molecule is C[C@@H]1CCc2sc(C(=O)NNC(=O)CNC(=O)c3ccccc3F)cc2C1. The van der Waals surface area contributed by atoms with Gasteiger partial charge in [-0.2, -0.15) is 0 Å². The van der Waals surface area contributed by atoms with Gasteiger partial charge in [-0.05, 0) is 48.9 Å². The molecule has 0 saturated heterocycles. The molecule has 1 aliphatic rings. The molecule has 0 spiro atoms. The molecule has 1 aromatic carbocycles. The molecule has 1 heterocycles. The summed E-state index contributed by atoms with van der Waals surface area (Å²) in [6.45, 7) is 1.81. The van der Waals surface area contributed by atoms with Crippen LogP contribution in [0, 0.1) is 11.7 Å². The number of amides is 3. The number of benzene rings is 1. The second-order valence-electron chi connectivity index (χ2n) is 6.57. The van der Waals surface area contributed by atoms with E-state index in [-0.39, 0.29) is 12.1 Å². The van der Waals surface area contributed by atoms with Gasteiger partial charge in [-0.3, -0.25) is 25.2 Å². The molecule has 0 fully saturated rings. The molecule has 0 bridgehead atoms. The van der Waals surface area contributed by atoms with Gasteiger partial charge in [0.05, 0.1) is 17.0 Å². The Morgan fingerprint density at radius 1 is 1.19 bits per heavy atom. The first-order valence-electron chi connectivity index (χ1n) is 8.67. The lowest BCUT2D eigenvalue weighted by molar-refractivity contribution is -0.120. The highest BCUT2D eigenvalue weighted by atomic mass is 32.1. The van der Waals surface area contributed by atoms with E-state index in [1.165, 1.54) is 40.0 Å². The molecule has 3 amide bonds. The number of carbonyl (C=O) groups excluding carboxylic acids is 3. The molecule has 0 saturated carbocycles. The van der Waals surface area contributed by atoms with Gasteiger partial charge >= 0.3 is 0 Å². The van der Waals surface area contributed by atoms with E-state index < -0.39 is 23.5 Å². The zero-order valence-electron chi connectivity index (χ0n) is 14.8. The number of hydrogen-bond donors (Lipinski definition) is 3. The minimum atomic E-state index is -0.699. The highest BCUT2D eigenvalue weighted by Gasteiger charge is 2.21. The lowest BCUT2D eigenvalue weighted by Gasteiger charge is -2.16. The molecule has 1 aromatic heterocycles. The lowest BCUT2D eigenvalue weighted by Crippen LogP contribution is -2.46. The van der Waals surface area contributed by atoms with Gasteiger partial charge in [0.1, 0.15) is 5.82 Å². The van der Waals surface area contributed by atoms with Crippen molar-refractivity contribution in [2.24, 2.45) is 5.92 Å². The summed E-state index contributed by atoms with van der Waals surface area (Å²) in [7, 11) is 0. The van der Waals surface area contributed by atoms with Gasteiger partial charge in [0, 0.05) is 4.88 Å². The summed E-state index contributed by atoms with van der Waals surface area (Å²) >= 11 is 1.44. The minimum Gasteiger partial charge on any atom is -0.343 e. The van der Waals surface area contributed by atoms with Gasteiger partial charge in [-0.1, -0.05) is 19.1 Å². The lowest BCUT2D eigenvalue weighted by atomic mass is 9.90. The van der Waals surface area contributed by atoms with Crippen molar-refractivity contribution in [3.8, 4) is 0 Å². The summed E-state index contributed by atoms with van der Waals surface area (Å²) in [5.74, 6) is -1.76. The standard InChI is InChI=1S/C19H20FN3O3S/c1-11-6-7-15-12(8-11)9-16(27-15)19(26)23-22-17(24)10-21-18(25)13-4-2-3-5-14(13)20/h2-5,9,11H,6-8,10H2,1H3,(H,21,25)(H,22,24)(H,23,26)/t11-/m1/s1. The molecule has 0 unspecified atom stereocenters. The normalized spacial score (nSPS) is 15.6. The van der Waals surface area contributed by atoms with Crippen LogP contribution < -0.4 is 16.2 Å². The highest BCUT2D eigenvalue weighted by Crippen LogP contribution is 2.32. The number of hydrogen-bond acceptors (Lipinski definition) is 4. The maximum Gasteiger partial charge on any atom is 0.279 e. The Hall–Kier alpha value is -2.74. The monoisotopic (exact) mass is 389 g/mol. The molecule has 142 valence electrons. The topological polar surface area (TPSA) is 87.3 Å². The molecule has 27 heavy (non-hydrogen) atoms. The molecule has 0 radical (unpaired) electrons. The van der Waals surface area contributed by atoms with E-state index >= 15 is 0 Å². The number of carbonyl (C=O) groups is 3. The van der Waals surface area contributed by atoms with Crippen LogP contribution in [0.3, 0.4) is 0 Å². The Morgan fingerprint density at radius 2 is 1.96 bits per heavy atom. The van der Waals surface area contributed by atoms with Crippen LogP contribution in [0.5, 0.6) is 0 Å². The Balaban J connectivity index is 1.47. The third-order valence-electron chi connectivity index (χ3n) is 4.40. The van der Waals surface area contributed by atoms with Crippen LogP contribution in [0.4, 0.5) is 4.39 Å². The van der Waals surface area contributed by atoms with Gasteiger partial charge in [-0.15, -0.1) is 11.3 Å². The van der Waals surface area contributed by atoms with E-state index in [4.69, 9.17) is 0 Å². The van der Waals surface area contributed by atoms with Gasteiger partial charge in [0.15, 0.2) is 0 Å². The maximum absolute atomic E-state index is 13.5. The molecule has 3 N–H and O–H groups in total. The largest absolute Gasteiger partial charge is 0.343 e. The number of thiophene rings is 1. The number of aryl methyl sites for hydroxylation is 1. The average Bonchev–Trinajstić information content (AvgIpc) is 3.07. The van der Waals surface area contributed by atoms with Crippen molar-refractivity contribution in [1.29, 1.82) is 0 Å². The summed E-state index contributed by atoms with van der Waals surface area (Å²) in [5, 5.41) is 2.31. The first-order chi connectivity index (χ1) is 12.9. The summed E-state index contributed by atoms with van der Waals surface area (Å²) in [5.41, 5.74) is 5.65. The smallest absolute Gasteiger partial charge is 0.279 e. The summed E-state index contributed by atoms with van der Waals surface area (Å²) in [6.07, 6.45) is 3.06. The highest BCUT2D eigenvalue weighted by molar-refractivity contribution is 7.14. The van der Waals surface area contributed by atoms with Crippen LogP contribution in [0.25, 0.3) is 0 Å². The molecule has 1 atom stereocenters. The molecule has 2 aromatic rings. The van der Waals surface area contributed by atoms with Crippen LogP contribution in [-0.4, -0.2) is 24.3 Å². The van der Waals surface area contributed by atoms with Crippen molar-refractivity contribution < 1.29 is 18.8 Å². The first kappa shape index (κ1) is 19.0. The Kier molecular flexibility index (Phi) is 5.85. The third kappa shape index (κ3) is 4.71. The molecular weight excluding hydrogens is 369 g/mol. The van der Waals surface area contributed by atoms with E-state index in [1.807, 2.05) is 6.07 Å². The van der Waals surface area contributed by atoms with E-state index in [9.17, 15) is 18.8 Å². The van der Waals surface area contributed by atoms with Crippen molar-refractivity contribution in [3.05, 3.63) is 57.0 Å². The fraction of sp³-hybridized carbons (Fsp3) is 0.316. The Bertz CT molecular complexity index is 881. The quantitative estimate of drug-likeness (QED) is 0.701. The molecule has 0 aliphatic heterocycles. The van der Waals surface area contributed by atoms with Crippen molar-refractivity contribution in [3.63, 3.8) is 0 Å². The van der Waals surface area contributed by atoms with E-state index in [2.05, 4.69) is 23.1 Å². The second-order valence-corrected chi connectivity index (χ2v) is 7.71. The molecule has 1 aliphatic carbocycles. The minimum absolute atomic E-state index is 0.146. The number of rotatable bonds is 4. The van der Waals surface area contributed by atoms with Crippen LogP contribution in [-0.2, 0) is 17.6 Å². The summed E-state index contributed by atoms with van der Waals surface area (Å²) in [4.78, 5) is 37.6. The zero-order chi connectivity index (χ0) is 19.4. The van der Waals surface area contributed by atoms with Crippen LogP contribution >= 0.6 is 11.3 Å². The molecular formula is C19H20FN3O3S. The Labute approximate surface area is 160 Å². The predicted molar refractivity (Wildman–Crippen MR) is 99.9 cm³/mol. The molecule has 3 rings (SSSR count). The van der Waals surface area contributed by atoms with Crippen molar-refractivity contribution in [2.45, 2.75) is 26.2 Å². The molecule has 8 heteroatoms. The zero-order valence-corrected chi connectivity index (χ0v) is 15.6. The van der Waals surface area contributed by atoms with Crippen LogP contribution in [0.2, 0.25) is 0 Å². The fourth-order valence-electron chi connectivity index (χ4n) is 2.95. The van der Waals surface area contributed by atoms with Crippen molar-refractivity contribution in [1.82, 2.24) is 16.2 Å². The third-order valence-corrected chi connectivity index (χ3v) is 5.63. The van der Waals surface area contributed by atoms with Crippen molar-refractivity contribution in [2.75, 3.05) is 6.54 Å². The fourth-order valence-corrected chi connectivity index (χ4v) is 4.05. The van der Waals surface area contributed by atoms with Gasteiger partial charge < -0.3 is 5.32 Å². The van der Waals surface area contributed by atoms with Gasteiger partial charge in [0.2, 0.25) is 0 Å². The summed E-state index contributed by atoms with van der Waals surface area (Å²) < 4.78 is 13.5. The number of fused-ring (bicyclic) bond motifs is 1. The predicted octanol–water partition coefficient (Wildman–Crippen LogP) is 2.20. The summed E-state index contributed by atoms with van der Waals surface area (Å²) in [6, 6.07) is 7.36. The van der Waals surface area contributed by atoms with Crippen molar-refractivity contribution >= 4 is 29.1 Å². The van der Waals surface area contributed by atoms with Crippen LogP contribution in [0.15, 0.2) is 30.3 Å². The first-order valence-corrected chi connectivity index (χ1v) is 9.49. The average molecular weight is 389 g/mol. The van der Waals surface area contributed by atoms with E-state index in [1.54, 1.807) is 0 Å². The molecule has 6 nitrogen and oxygen atoms in total. The number of nitrogens with one attached hydrogen (secondary N) is 3. The Morgan fingerprint density at radius 3 is 2.74 bits per heavy atom. The van der Waals surface area contributed by atoms with Crippen LogP contribution in [0.1, 0.15) is 43.8 Å². The number of halogens is 1.